The van der Waals surface area contributed by atoms with Crippen molar-refractivity contribution in [3.63, 3.8) is 0 Å². The fourth-order valence-electron chi connectivity index (χ4n) is 2.87. The number of rotatable bonds is 15. The van der Waals surface area contributed by atoms with Crippen LogP contribution in [0.4, 0.5) is 0 Å². The molecule has 13 heteroatoms. The zero-order valence-electron chi connectivity index (χ0n) is 19.7. The van der Waals surface area contributed by atoms with Gasteiger partial charge in [-0.3, -0.25) is 19.4 Å². The maximum Gasteiger partial charge on any atom is 0.327 e. The molecule has 0 aliphatic rings. The Morgan fingerprint density at radius 2 is 1.52 bits per heavy atom. The van der Waals surface area contributed by atoms with Gasteiger partial charge in [0.2, 0.25) is 17.7 Å². The number of carboxylic acid groups (broad SMARTS) is 1. The van der Waals surface area contributed by atoms with Gasteiger partial charge in [-0.2, -0.15) is 12.6 Å². The highest BCUT2D eigenvalue weighted by atomic mass is 32.1. The average molecular weight is 490 g/mol. The van der Waals surface area contributed by atoms with E-state index in [-0.39, 0.29) is 30.0 Å². The van der Waals surface area contributed by atoms with Crippen molar-refractivity contribution in [2.24, 2.45) is 34.0 Å². The van der Waals surface area contributed by atoms with Crippen molar-refractivity contribution < 1.29 is 24.3 Å². The van der Waals surface area contributed by atoms with Crippen LogP contribution in [-0.4, -0.2) is 71.2 Å². The molecule has 0 aliphatic heterocycles. The highest BCUT2D eigenvalue weighted by Crippen LogP contribution is 2.09. The number of nitrogens with zero attached hydrogens (tertiary/aromatic N) is 1. The molecule has 10 N–H and O–H groups in total. The average Bonchev–Trinajstić information content (AvgIpc) is 2.70. The fraction of sp³-hybridized carbons (Fsp3) is 0.750. The van der Waals surface area contributed by atoms with Crippen molar-refractivity contribution in [1.82, 2.24) is 16.0 Å². The number of nitrogens with two attached hydrogens (primary N) is 3. The molecule has 4 unspecified atom stereocenters. The van der Waals surface area contributed by atoms with Gasteiger partial charge in [0, 0.05) is 12.3 Å². The summed E-state index contributed by atoms with van der Waals surface area (Å²) in [6.45, 7) is 7.54. The van der Waals surface area contributed by atoms with E-state index in [2.05, 4.69) is 33.6 Å². The summed E-state index contributed by atoms with van der Waals surface area (Å²) in [6.07, 6.45) is 1.07. The SMILES string of the molecule is CC(C)CC(NC(=O)C(NC(=O)C(N)CCCN=C(N)N)C(C)C)C(=O)NC(CS)C(=O)O. The molecule has 0 aromatic rings. The fourth-order valence-corrected chi connectivity index (χ4v) is 3.12. The van der Waals surface area contributed by atoms with Crippen LogP contribution in [0.5, 0.6) is 0 Å². The van der Waals surface area contributed by atoms with E-state index in [1.54, 1.807) is 13.8 Å². The Bertz CT molecular complexity index is 698. The smallest absolute Gasteiger partial charge is 0.327 e. The molecule has 0 rings (SSSR count). The van der Waals surface area contributed by atoms with Crippen molar-refractivity contribution in [3.8, 4) is 0 Å². The van der Waals surface area contributed by atoms with Crippen LogP contribution in [0.25, 0.3) is 0 Å². The van der Waals surface area contributed by atoms with Gasteiger partial charge in [-0.15, -0.1) is 0 Å². The van der Waals surface area contributed by atoms with E-state index in [9.17, 15) is 19.2 Å². The number of carbonyl (C=O) groups is 4. The molecular formula is C20H39N7O5S. The first-order valence-electron chi connectivity index (χ1n) is 10.9. The minimum atomic E-state index is -1.23. The van der Waals surface area contributed by atoms with Gasteiger partial charge in [0.25, 0.3) is 0 Å². The summed E-state index contributed by atoms with van der Waals surface area (Å²) >= 11 is 3.93. The molecule has 12 nitrogen and oxygen atoms in total. The van der Waals surface area contributed by atoms with E-state index >= 15 is 0 Å². The molecule has 0 saturated heterocycles. The third-order valence-electron chi connectivity index (χ3n) is 4.69. The van der Waals surface area contributed by atoms with E-state index < -0.39 is 47.9 Å². The minimum Gasteiger partial charge on any atom is -0.480 e. The van der Waals surface area contributed by atoms with Crippen LogP contribution in [-0.2, 0) is 19.2 Å². The second-order valence-electron chi connectivity index (χ2n) is 8.56. The van der Waals surface area contributed by atoms with Crippen LogP contribution < -0.4 is 33.2 Å². The Hall–Kier alpha value is -2.54. The Balaban J connectivity index is 5.22. The molecular weight excluding hydrogens is 450 g/mol. The molecule has 0 radical (unpaired) electrons. The maximum atomic E-state index is 12.9. The molecule has 33 heavy (non-hydrogen) atoms. The molecule has 3 amide bonds. The normalized spacial score (nSPS) is 14.7. The van der Waals surface area contributed by atoms with Crippen LogP contribution in [0.15, 0.2) is 4.99 Å². The van der Waals surface area contributed by atoms with Gasteiger partial charge in [0.1, 0.15) is 18.1 Å². The predicted molar refractivity (Wildman–Crippen MR) is 129 cm³/mol. The maximum absolute atomic E-state index is 12.9. The lowest BCUT2D eigenvalue weighted by atomic mass is 9.99. The molecule has 4 atom stereocenters. The summed E-state index contributed by atoms with van der Waals surface area (Å²) in [4.78, 5) is 53.1. The number of thiol groups is 1. The lowest BCUT2D eigenvalue weighted by Gasteiger charge is -2.27. The Kier molecular flexibility index (Phi) is 14.1. The van der Waals surface area contributed by atoms with Crippen LogP contribution >= 0.6 is 12.6 Å². The third-order valence-corrected chi connectivity index (χ3v) is 5.05. The van der Waals surface area contributed by atoms with Crippen LogP contribution in [0.1, 0.15) is 47.0 Å². The number of amides is 3. The number of carboxylic acids is 1. The van der Waals surface area contributed by atoms with Gasteiger partial charge in [-0.25, -0.2) is 4.79 Å². The van der Waals surface area contributed by atoms with Crippen LogP contribution in [0.2, 0.25) is 0 Å². The first-order chi connectivity index (χ1) is 15.3. The summed E-state index contributed by atoms with van der Waals surface area (Å²) < 4.78 is 0. The zero-order valence-corrected chi connectivity index (χ0v) is 20.6. The van der Waals surface area contributed by atoms with Crippen LogP contribution in [0.3, 0.4) is 0 Å². The Labute approximate surface area is 200 Å². The number of hydrogen-bond acceptors (Lipinski definition) is 7. The number of nitrogens with one attached hydrogen (secondary N) is 3. The van der Waals surface area contributed by atoms with E-state index in [1.165, 1.54) is 0 Å². The second-order valence-corrected chi connectivity index (χ2v) is 8.92. The molecule has 190 valence electrons. The molecule has 0 fully saturated rings. The van der Waals surface area contributed by atoms with E-state index in [4.69, 9.17) is 22.3 Å². The summed E-state index contributed by atoms with van der Waals surface area (Å²) in [5.41, 5.74) is 16.4. The van der Waals surface area contributed by atoms with Gasteiger partial charge < -0.3 is 38.3 Å². The summed E-state index contributed by atoms with van der Waals surface area (Å²) in [5, 5.41) is 16.8. The van der Waals surface area contributed by atoms with Gasteiger partial charge >= 0.3 is 5.97 Å². The predicted octanol–water partition coefficient (Wildman–Crippen LogP) is -1.46. The Morgan fingerprint density at radius 1 is 0.939 bits per heavy atom. The van der Waals surface area contributed by atoms with Crippen molar-refractivity contribution in [1.29, 1.82) is 0 Å². The molecule has 0 spiro atoms. The van der Waals surface area contributed by atoms with Crippen molar-refractivity contribution in [2.75, 3.05) is 12.3 Å². The van der Waals surface area contributed by atoms with Gasteiger partial charge in [-0.1, -0.05) is 27.7 Å². The molecule has 0 aromatic heterocycles. The summed E-state index contributed by atoms with van der Waals surface area (Å²) in [7, 11) is 0. The summed E-state index contributed by atoms with van der Waals surface area (Å²) in [6, 6.07) is -3.98. The highest BCUT2D eigenvalue weighted by molar-refractivity contribution is 7.80. The molecule has 0 heterocycles. The van der Waals surface area contributed by atoms with Gasteiger partial charge in [0.15, 0.2) is 5.96 Å². The monoisotopic (exact) mass is 489 g/mol. The van der Waals surface area contributed by atoms with Gasteiger partial charge in [-0.05, 0) is 31.1 Å². The van der Waals surface area contributed by atoms with Gasteiger partial charge in [0.05, 0.1) is 6.04 Å². The first-order valence-corrected chi connectivity index (χ1v) is 11.5. The lowest BCUT2D eigenvalue weighted by Crippen LogP contribution is -2.58. The molecule has 0 saturated carbocycles. The number of carbonyl (C=O) groups excluding carboxylic acids is 3. The lowest BCUT2D eigenvalue weighted by molar-refractivity contribution is -0.141. The third kappa shape index (κ3) is 12.3. The number of hydrogen-bond donors (Lipinski definition) is 8. The van der Waals surface area contributed by atoms with Crippen molar-refractivity contribution >= 4 is 42.3 Å². The minimum absolute atomic E-state index is 0.0334. The highest BCUT2D eigenvalue weighted by Gasteiger charge is 2.31. The summed E-state index contributed by atoms with van der Waals surface area (Å²) in [5.74, 6) is -3.36. The number of guanidine groups is 1. The zero-order chi connectivity index (χ0) is 25.7. The molecule has 0 bridgehead atoms. The molecule has 0 aliphatic carbocycles. The van der Waals surface area contributed by atoms with Crippen molar-refractivity contribution in [2.45, 2.75) is 71.1 Å². The second kappa shape index (κ2) is 15.3. The Morgan fingerprint density at radius 3 is 1.97 bits per heavy atom. The first kappa shape index (κ1) is 30.5. The topological polar surface area (TPSA) is 215 Å². The standard InChI is InChI=1S/C20H39N7O5S/c1-10(2)8-13(17(29)26-14(9-33)19(31)32)25-18(30)15(11(3)4)27-16(28)12(21)6-5-7-24-20(22)23/h10-15,33H,5-9,21H2,1-4H3,(H,25,30)(H,26,29)(H,27,28)(H,31,32)(H4,22,23,24). The largest absolute Gasteiger partial charge is 0.480 e. The quantitative estimate of drug-likeness (QED) is 0.0587. The van der Waals surface area contributed by atoms with E-state index in [0.29, 0.717) is 19.4 Å². The van der Waals surface area contributed by atoms with Crippen molar-refractivity contribution in [3.05, 3.63) is 0 Å². The number of aliphatic imine (C=N–C) groups is 1. The van der Waals surface area contributed by atoms with E-state index in [1.807, 2.05) is 13.8 Å². The van der Waals surface area contributed by atoms with E-state index in [0.717, 1.165) is 0 Å². The molecule has 0 aromatic carbocycles. The van der Waals surface area contributed by atoms with Crippen LogP contribution in [0, 0.1) is 11.8 Å². The number of aliphatic carboxylic acids is 1.